The van der Waals surface area contributed by atoms with E-state index in [1.807, 2.05) is 29.2 Å². The molecule has 4 aromatic carbocycles. The van der Waals surface area contributed by atoms with Gasteiger partial charge < -0.3 is 54.3 Å². The number of benzene rings is 4. The van der Waals surface area contributed by atoms with Crippen LogP contribution in [0.4, 0.5) is 21.0 Å². The highest BCUT2D eigenvalue weighted by Gasteiger charge is 2.41. The molecule has 3 aliphatic rings. The number of nitrogens with zero attached hydrogens (tertiary/aromatic N) is 8. The summed E-state index contributed by atoms with van der Waals surface area (Å²) in [6.07, 6.45) is 6.70. The van der Waals surface area contributed by atoms with Crippen LogP contribution in [-0.4, -0.2) is 186 Å². The smallest absolute Gasteiger partial charge is 0.410 e. The van der Waals surface area contributed by atoms with E-state index in [4.69, 9.17) is 40.5 Å². The molecule has 90 heavy (non-hydrogen) atoms. The average Bonchev–Trinajstić information content (AvgIpc) is 0.924. The maximum Gasteiger partial charge on any atom is 0.410 e. The Morgan fingerprint density at radius 3 is 2.34 bits per heavy atom. The normalized spacial score (nSPS) is 16.2. The van der Waals surface area contributed by atoms with Gasteiger partial charge in [0.15, 0.2) is 5.82 Å². The molecule has 0 spiro atoms. The maximum atomic E-state index is 17.1. The van der Waals surface area contributed by atoms with Crippen LogP contribution in [0.3, 0.4) is 0 Å². The van der Waals surface area contributed by atoms with Crippen molar-refractivity contribution in [2.75, 3.05) is 103 Å². The summed E-state index contributed by atoms with van der Waals surface area (Å²) in [5.74, 6) is -1.09. The molecule has 3 N–H and O–H groups in total. The predicted molar refractivity (Wildman–Crippen MR) is 344 cm³/mol. The molecular formula is C66H80ClFN10O11S. The van der Waals surface area contributed by atoms with E-state index in [-0.39, 0.29) is 115 Å². The number of carbonyl (C=O) groups excluding carboxylic acids is 6. The molecule has 5 amide bonds. The number of likely N-dealkylation sites (tertiary alicyclic amines) is 1. The lowest BCUT2D eigenvalue weighted by Gasteiger charge is -2.36. The predicted octanol–water partition coefficient (Wildman–Crippen LogP) is 9.83. The number of ether oxygens (including phenoxy) is 4. The lowest BCUT2D eigenvalue weighted by molar-refractivity contribution is -0.140. The second-order valence-electron chi connectivity index (χ2n) is 23.9. The van der Waals surface area contributed by atoms with Crippen molar-refractivity contribution in [3.8, 4) is 22.6 Å². The van der Waals surface area contributed by atoms with Gasteiger partial charge in [-0.15, -0.1) is 11.3 Å². The molecule has 24 heteroatoms. The van der Waals surface area contributed by atoms with Crippen LogP contribution in [0.5, 0.6) is 11.5 Å². The lowest BCUT2D eigenvalue weighted by Crippen LogP contribution is -2.56. The highest BCUT2D eigenvalue weighted by Crippen LogP contribution is 2.43. The van der Waals surface area contributed by atoms with Crippen molar-refractivity contribution in [3.63, 3.8) is 0 Å². The van der Waals surface area contributed by atoms with E-state index in [9.17, 15) is 33.9 Å². The number of aromatic nitrogens is 3. The van der Waals surface area contributed by atoms with Crippen LogP contribution >= 0.6 is 22.9 Å². The third kappa shape index (κ3) is 16.3. The summed E-state index contributed by atoms with van der Waals surface area (Å²) < 4.78 is 40.0. The Labute approximate surface area is 532 Å². The zero-order valence-corrected chi connectivity index (χ0v) is 53.5. The number of ketones is 1. The van der Waals surface area contributed by atoms with Gasteiger partial charge in [0, 0.05) is 88.2 Å². The molecule has 21 nitrogen and oxygen atoms in total. The number of anilines is 2. The van der Waals surface area contributed by atoms with E-state index in [2.05, 4.69) is 22.2 Å². The summed E-state index contributed by atoms with van der Waals surface area (Å²) in [6.45, 7) is 14.3. The number of phenolic OH excluding ortho intramolecular Hbond substituents is 1. The molecule has 1 aliphatic carbocycles. The zero-order valence-electron chi connectivity index (χ0n) is 51.9. The van der Waals surface area contributed by atoms with Crippen molar-refractivity contribution in [2.24, 2.45) is 5.92 Å². The Morgan fingerprint density at radius 1 is 0.867 bits per heavy atom. The quantitative estimate of drug-likeness (QED) is 0.0275. The summed E-state index contributed by atoms with van der Waals surface area (Å²) in [6, 6.07) is 16.8. The fourth-order valence-electron chi connectivity index (χ4n) is 11.5. The number of fused-ring (bicyclic) bond motifs is 2. The van der Waals surface area contributed by atoms with Crippen LogP contribution in [0.15, 0.2) is 84.8 Å². The van der Waals surface area contributed by atoms with Gasteiger partial charge in [0.25, 0.3) is 0 Å². The van der Waals surface area contributed by atoms with Gasteiger partial charge in [-0.25, -0.2) is 19.2 Å². The highest BCUT2D eigenvalue weighted by molar-refractivity contribution is 7.10. The third-order valence-electron chi connectivity index (χ3n) is 16.5. The van der Waals surface area contributed by atoms with E-state index in [0.717, 1.165) is 38.5 Å². The number of phenols is 1. The maximum absolute atomic E-state index is 17.1. The summed E-state index contributed by atoms with van der Waals surface area (Å²) in [4.78, 5) is 103. The number of amides is 5. The first kappa shape index (κ1) is 66.4. The number of aromatic hydroxyl groups is 1. The molecule has 2 aliphatic heterocycles. The molecule has 3 fully saturated rings. The molecule has 0 bridgehead atoms. The van der Waals surface area contributed by atoms with Crippen molar-refractivity contribution in [3.05, 3.63) is 112 Å². The minimum atomic E-state index is -0.882. The SMILES string of the molecule is C=CC(=O)N1CCN(c2nc(NCCC(=O)N(C)CCOCCOCCOc3cccc(C(=O)c4csc([C@@H]5CCCN5C(=O)[C@H](NC(=O)[C@@H](C)N(C)C(=O)OC(C)(C)C)C5CCCCC5)n4)c3)nc3c(F)c(-c4cc(O)cc5ccccc45)c(Cl)cc23)CC1. The molecule has 9 rings (SSSR count). The van der Waals surface area contributed by atoms with Gasteiger partial charge in [0.2, 0.25) is 35.4 Å². The molecule has 480 valence electrons. The molecular weight excluding hydrogens is 1200 g/mol. The first-order valence-electron chi connectivity index (χ1n) is 30.7. The molecule has 0 radical (unpaired) electrons. The summed E-state index contributed by atoms with van der Waals surface area (Å²) >= 11 is 8.23. The number of likely N-dealkylation sites (N-methyl/N-ethyl adjacent to an activating group) is 2. The Morgan fingerprint density at radius 2 is 1.60 bits per heavy atom. The third-order valence-corrected chi connectivity index (χ3v) is 17.8. The van der Waals surface area contributed by atoms with E-state index in [0.29, 0.717) is 89.5 Å². The molecule has 2 saturated heterocycles. The molecule has 1 saturated carbocycles. The van der Waals surface area contributed by atoms with Gasteiger partial charge in [0.05, 0.1) is 37.5 Å². The van der Waals surface area contributed by atoms with Crippen molar-refractivity contribution in [1.82, 2.24) is 39.9 Å². The van der Waals surface area contributed by atoms with E-state index in [1.54, 1.807) is 91.2 Å². The number of hydrogen-bond donors (Lipinski definition) is 3. The standard InChI is InChI=1S/C66H80ClFN10O11S/c1-8-53(80)76-26-28-77(29-27-76)60-49-39-50(67)55(48-38-45(79)36-43-18-12-13-21-47(43)48)56(68)58(49)72-64(73-60)69-24-23-54(81)74(6)30-31-86-32-33-87-34-35-88-46-20-14-19-44(37-46)59(82)51-40-90-62(70-51)52-22-15-25-78(52)63(84)57(42-16-10-9-11-17-42)71-61(83)41(2)75(7)65(85)89-66(3,4)5/h8,12-14,18-21,36-42,52,57,79H,1,9-11,15-17,22-35H2,2-7H3,(H,71,83)(H,69,72,73)/t41-,52+,57-/m1/s1. The summed E-state index contributed by atoms with van der Waals surface area (Å²) in [5.41, 5.74) is 0.368. The molecule has 3 atom stereocenters. The van der Waals surface area contributed by atoms with E-state index < -0.39 is 35.5 Å². The van der Waals surface area contributed by atoms with Gasteiger partial charge in [-0.2, -0.15) is 4.98 Å². The fourth-order valence-corrected chi connectivity index (χ4v) is 12.8. The van der Waals surface area contributed by atoms with Crippen LogP contribution in [0.25, 0.3) is 32.8 Å². The Bertz CT molecular complexity index is 3590. The van der Waals surface area contributed by atoms with E-state index in [1.165, 1.54) is 35.4 Å². The number of carbonyl (C=O) groups is 6. The molecule has 4 heterocycles. The number of thiazole rings is 1. The molecule has 2 aromatic heterocycles. The van der Waals surface area contributed by atoms with Crippen molar-refractivity contribution < 1.29 is 57.2 Å². The van der Waals surface area contributed by atoms with Gasteiger partial charge in [0.1, 0.15) is 57.8 Å². The number of hydrogen-bond acceptors (Lipinski definition) is 17. The summed E-state index contributed by atoms with van der Waals surface area (Å²) in [5, 5.41) is 21.0. The molecule has 0 unspecified atom stereocenters. The van der Waals surface area contributed by atoms with E-state index >= 15 is 4.39 Å². The highest BCUT2D eigenvalue weighted by atomic mass is 35.5. The van der Waals surface area contributed by atoms with Crippen LogP contribution in [0, 0.1) is 11.7 Å². The number of nitrogens with one attached hydrogen (secondary N) is 2. The largest absolute Gasteiger partial charge is 0.508 e. The molecule has 6 aromatic rings. The lowest BCUT2D eigenvalue weighted by atomic mass is 9.83. The minimum absolute atomic E-state index is 0.00657. The van der Waals surface area contributed by atoms with Crippen LogP contribution < -0.4 is 20.3 Å². The Hall–Kier alpha value is -7.99. The second-order valence-corrected chi connectivity index (χ2v) is 25.2. The van der Waals surface area contributed by atoms with Crippen molar-refractivity contribution in [1.29, 1.82) is 0 Å². The Balaban J connectivity index is 0.715. The van der Waals surface area contributed by atoms with Crippen LogP contribution in [0.1, 0.15) is 106 Å². The number of piperazine rings is 1. The van der Waals surface area contributed by atoms with Gasteiger partial charge >= 0.3 is 6.09 Å². The van der Waals surface area contributed by atoms with Gasteiger partial charge in [-0.1, -0.05) is 73.8 Å². The van der Waals surface area contributed by atoms with Crippen LogP contribution in [0.2, 0.25) is 5.02 Å². The monoisotopic (exact) mass is 1270 g/mol. The first-order chi connectivity index (χ1) is 43.2. The van der Waals surface area contributed by atoms with Gasteiger partial charge in [-0.3, -0.25) is 28.9 Å². The van der Waals surface area contributed by atoms with Crippen molar-refractivity contribution in [2.45, 2.75) is 103 Å². The fraction of sp³-hybridized carbons (Fsp3) is 0.470. The van der Waals surface area contributed by atoms with Crippen molar-refractivity contribution >= 4 is 91.9 Å². The number of halogens is 2. The average molecular weight is 1280 g/mol. The topological polar surface area (TPSA) is 238 Å². The first-order valence-corrected chi connectivity index (χ1v) is 32.0. The zero-order chi connectivity index (χ0) is 64.2. The second kappa shape index (κ2) is 30.2. The number of rotatable bonds is 25. The summed E-state index contributed by atoms with van der Waals surface area (Å²) in [7, 11) is 3.19. The Kier molecular flexibility index (Phi) is 22.3. The van der Waals surface area contributed by atoms with Gasteiger partial charge in [-0.05, 0) is 112 Å². The minimum Gasteiger partial charge on any atom is -0.508 e. The van der Waals surface area contributed by atoms with Crippen LogP contribution in [-0.2, 0) is 33.4 Å².